The van der Waals surface area contributed by atoms with E-state index in [9.17, 15) is 10.1 Å². The van der Waals surface area contributed by atoms with Gasteiger partial charge in [-0.05, 0) is 35.4 Å². The summed E-state index contributed by atoms with van der Waals surface area (Å²) in [6, 6.07) is 9.85. The molecule has 0 bridgehead atoms. The maximum absolute atomic E-state index is 11.9. The Morgan fingerprint density at radius 2 is 2.21 bits per heavy atom. The number of nitriles is 1. The van der Waals surface area contributed by atoms with Gasteiger partial charge < -0.3 is 24.5 Å². The van der Waals surface area contributed by atoms with Crippen molar-refractivity contribution >= 4 is 23.0 Å². The third kappa shape index (κ3) is 5.58. The van der Waals surface area contributed by atoms with Gasteiger partial charge in [0.05, 0.1) is 25.4 Å². The van der Waals surface area contributed by atoms with Crippen LogP contribution in [0.1, 0.15) is 24.0 Å². The van der Waals surface area contributed by atoms with Crippen molar-refractivity contribution in [3.05, 3.63) is 53.9 Å². The van der Waals surface area contributed by atoms with Crippen molar-refractivity contribution in [1.82, 2.24) is 15.3 Å². The molecule has 3 aromatic rings. The fourth-order valence-corrected chi connectivity index (χ4v) is 3.72. The van der Waals surface area contributed by atoms with Crippen LogP contribution in [0.25, 0.3) is 28.2 Å². The zero-order valence-electron chi connectivity index (χ0n) is 18.5. The molecule has 1 aliphatic heterocycles. The largest absolute Gasteiger partial charge is 0.489 e. The topological polar surface area (TPSA) is 109 Å². The maximum Gasteiger partial charge on any atom is 0.244 e. The van der Waals surface area contributed by atoms with Gasteiger partial charge in [0.1, 0.15) is 23.6 Å². The first kappa shape index (κ1) is 22.5. The number of pyridine rings is 1. The van der Waals surface area contributed by atoms with E-state index in [4.69, 9.17) is 14.2 Å². The minimum absolute atomic E-state index is 0.0648. The summed E-state index contributed by atoms with van der Waals surface area (Å²) in [4.78, 5) is 19.5. The predicted octanol–water partition coefficient (Wildman–Crippen LogP) is 3.44. The molecule has 33 heavy (non-hydrogen) atoms. The molecule has 2 N–H and O–H groups in total. The monoisotopic (exact) mass is 446 g/mol. The summed E-state index contributed by atoms with van der Waals surface area (Å²) in [7, 11) is 1.59. The number of carbonyl (C=O) groups is 1. The lowest BCUT2D eigenvalue weighted by molar-refractivity contribution is -0.116. The van der Waals surface area contributed by atoms with Crippen LogP contribution in [0.5, 0.6) is 5.75 Å². The predicted molar refractivity (Wildman–Crippen MR) is 125 cm³/mol. The standard InChI is InChI=1S/C25H26N4O4/c1-31-11-8-27-24(30)5-2-17-12-21-22(16-29-25(21)28-15-17)18-3-4-23(19(13-18)14-26)33-20-6-9-32-10-7-20/h2-5,12-13,15-16,20H,6-11H2,1H3,(H,27,30)(H,28,29). The fraction of sp³-hybridized carbons (Fsp3) is 0.320. The summed E-state index contributed by atoms with van der Waals surface area (Å²) < 4.78 is 16.4. The van der Waals surface area contributed by atoms with Crippen LogP contribution in [-0.2, 0) is 14.3 Å². The first-order chi connectivity index (χ1) is 16.2. The number of nitrogens with one attached hydrogen (secondary N) is 2. The lowest BCUT2D eigenvalue weighted by Crippen LogP contribution is -2.26. The van der Waals surface area contributed by atoms with E-state index in [1.807, 2.05) is 30.5 Å². The highest BCUT2D eigenvalue weighted by Gasteiger charge is 2.18. The van der Waals surface area contributed by atoms with Crippen molar-refractivity contribution in [3.8, 4) is 22.9 Å². The van der Waals surface area contributed by atoms with Gasteiger partial charge in [0.25, 0.3) is 0 Å². The quantitative estimate of drug-likeness (QED) is 0.405. The SMILES string of the molecule is COCCNC(=O)C=Cc1cnc2[nH]cc(-c3ccc(OC4CCOCC4)c(C#N)c3)c2c1. The van der Waals surface area contributed by atoms with Gasteiger partial charge in [-0.25, -0.2) is 4.98 Å². The second-order valence-electron chi connectivity index (χ2n) is 7.74. The number of amides is 1. The van der Waals surface area contributed by atoms with Gasteiger partial charge in [0, 0.05) is 55.9 Å². The second kappa shape index (κ2) is 10.8. The fourth-order valence-electron chi connectivity index (χ4n) is 3.72. The van der Waals surface area contributed by atoms with Gasteiger partial charge in [-0.1, -0.05) is 6.07 Å². The van der Waals surface area contributed by atoms with Gasteiger partial charge in [-0.15, -0.1) is 0 Å². The van der Waals surface area contributed by atoms with E-state index in [0.29, 0.717) is 37.7 Å². The van der Waals surface area contributed by atoms with Crippen LogP contribution in [0.15, 0.2) is 42.7 Å². The summed E-state index contributed by atoms with van der Waals surface area (Å²) in [6.45, 7) is 2.27. The molecular weight excluding hydrogens is 420 g/mol. The molecule has 0 atom stereocenters. The van der Waals surface area contributed by atoms with Crippen LogP contribution in [0.3, 0.4) is 0 Å². The molecule has 170 valence electrons. The number of aromatic nitrogens is 2. The Morgan fingerprint density at radius 1 is 1.36 bits per heavy atom. The molecule has 1 saturated heterocycles. The molecule has 1 aromatic carbocycles. The number of methoxy groups -OCH3 is 1. The average molecular weight is 447 g/mol. The number of benzene rings is 1. The lowest BCUT2D eigenvalue weighted by atomic mass is 10.0. The highest BCUT2D eigenvalue weighted by Crippen LogP contribution is 2.32. The third-order valence-electron chi connectivity index (χ3n) is 5.46. The van der Waals surface area contributed by atoms with E-state index >= 15 is 0 Å². The average Bonchev–Trinajstić information content (AvgIpc) is 3.27. The molecule has 2 aromatic heterocycles. The molecule has 0 unspecified atom stereocenters. The molecule has 3 heterocycles. The van der Waals surface area contributed by atoms with Gasteiger partial charge in [-0.2, -0.15) is 5.26 Å². The number of H-pyrrole nitrogens is 1. The van der Waals surface area contributed by atoms with Gasteiger partial charge in [0.2, 0.25) is 5.91 Å². The summed E-state index contributed by atoms with van der Waals surface area (Å²) >= 11 is 0. The van der Waals surface area contributed by atoms with Crippen molar-refractivity contribution in [2.75, 3.05) is 33.5 Å². The van der Waals surface area contributed by atoms with Crippen molar-refractivity contribution < 1.29 is 19.0 Å². The minimum Gasteiger partial charge on any atom is -0.489 e. The third-order valence-corrected chi connectivity index (χ3v) is 5.46. The van der Waals surface area contributed by atoms with Crippen molar-refractivity contribution in [2.24, 2.45) is 0 Å². The van der Waals surface area contributed by atoms with Gasteiger partial charge >= 0.3 is 0 Å². The van der Waals surface area contributed by atoms with E-state index in [2.05, 4.69) is 21.4 Å². The highest BCUT2D eigenvalue weighted by atomic mass is 16.5. The van der Waals surface area contributed by atoms with Crippen LogP contribution < -0.4 is 10.1 Å². The van der Waals surface area contributed by atoms with Crippen molar-refractivity contribution in [3.63, 3.8) is 0 Å². The number of nitrogens with zero attached hydrogens (tertiary/aromatic N) is 2. The molecule has 0 spiro atoms. The Hall–Kier alpha value is -3.67. The molecule has 0 aliphatic carbocycles. The molecule has 1 aliphatic rings. The molecule has 4 rings (SSSR count). The number of rotatable bonds is 8. The summed E-state index contributed by atoms with van der Waals surface area (Å²) in [6.07, 6.45) is 8.47. The molecular formula is C25H26N4O4. The molecule has 0 saturated carbocycles. The van der Waals surface area contributed by atoms with Crippen molar-refractivity contribution in [2.45, 2.75) is 18.9 Å². The molecule has 1 amide bonds. The summed E-state index contributed by atoms with van der Waals surface area (Å²) in [5, 5.41) is 13.3. The lowest BCUT2D eigenvalue weighted by Gasteiger charge is -2.23. The van der Waals surface area contributed by atoms with Gasteiger partial charge in [0.15, 0.2) is 0 Å². The Kier molecular flexibility index (Phi) is 7.35. The van der Waals surface area contributed by atoms with E-state index < -0.39 is 0 Å². The van der Waals surface area contributed by atoms with E-state index in [0.717, 1.165) is 40.6 Å². The van der Waals surface area contributed by atoms with Crippen LogP contribution >= 0.6 is 0 Å². The second-order valence-corrected chi connectivity index (χ2v) is 7.74. The van der Waals surface area contributed by atoms with Crippen LogP contribution in [0, 0.1) is 11.3 Å². The molecule has 8 nitrogen and oxygen atoms in total. The van der Waals surface area contributed by atoms with E-state index in [1.54, 1.807) is 19.4 Å². The Balaban J connectivity index is 1.56. The number of aromatic amines is 1. The van der Waals surface area contributed by atoms with Gasteiger partial charge in [-0.3, -0.25) is 4.79 Å². The number of ether oxygens (including phenoxy) is 3. The normalized spacial score (nSPS) is 14.4. The maximum atomic E-state index is 11.9. The van der Waals surface area contributed by atoms with Crippen LogP contribution in [-0.4, -0.2) is 55.5 Å². The number of fused-ring (bicyclic) bond motifs is 1. The van der Waals surface area contributed by atoms with E-state index in [1.165, 1.54) is 6.08 Å². The first-order valence-corrected chi connectivity index (χ1v) is 10.9. The molecule has 8 heteroatoms. The van der Waals surface area contributed by atoms with Crippen molar-refractivity contribution in [1.29, 1.82) is 5.26 Å². The molecule has 1 fully saturated rings. The smallest absolute Gasteiger partial charge is 0.244 e. The number of hydrogen-bond donors (Lipinski definition) is 2. The zero-order chi connectivity index (χ0) is 23.0. The Labute approximate surface area is 192 Å². The number of carbonyl (C=O) groups excluding carboxylic acids is 1. The first-order valence-electron chi connectivity index (χ1n) is 10.9. The van der Waals surface area contributed by atoms with Crippen LogP contribution in [0.4, 0.5) is 0 Å². The Bertz CT molecular complexity index is 1190. The minimum atomic E-state index is -0.194. The van der Waals surface area contributed by atoms with Crippen LogP contribution in [0.2, 0.25) is 0 Å². The molecule has 0 radical (unpaired) electrons. The Morgan fingerprint density at radius 3 is 3.00 bits per heavy atom. The summed E-state index contributed by atoms with van der Waals surface area (Å²) in [5.74, 6) is 0.398. The number of hydrogen-bond acceptors (Lipinski definition) is 6. The zero-order valence-corrected chi connectivity index (χ0v) is 18.5. The van der Waals surface area contributed by atoms with E-state index in [-0.39, 0.29) is 12.0 Å². The highest BCUT2D eigenvalue weighted by molar-refractivity contribution is 5.96. The summed E-state index contributed by atoms with van der Waals surface area (Å²) in [5.41, 5.74) is 3.83.